The molecule has 3 fully saturated rings. The first kappa shape index (κ1) is 13.2. The molecule has 4 rings (SSSR count). The molecule has 2 bridgehead atoms. The maximum Gasteiger partial charge on any atom is 0.311 e. The van der Waals surface area contributed by atoms with Crippen molar-refractivity contribution in [1.82, 2.24) is 20.2 Å². The smallest absolute Gasteiger partial charge is 0.311 e. The van der Waals surface area contributed by atoms with Gasteiger partial charge in [0, 0.05) is 5.92 Å². The molecule has 6 heteroatoms. The van der Waals surface area contributed by atoms with Crippen LogP contribution in [0.5, 0.6) is 0 Å². The van der Waals surface area contributed by atoms with Crippen LogP contribution in [0, 0.1) is 17.3 Å². The summed E-state index contributed by atoms with van der Waals surface area (Å²) in [5.74, 6) is 2.25. The van der Waals surface area contributed by atoms with E-state index in [1.165, 1.54) is 25.7 Å². The van der Waals surface area contributed by atoms with Gasteiger partial charge in [-0.3, -0.25) is 4.79 Å². The van der Waals surface area contributed by atoms with Gasteiger partial charge in [0.05, 0.1) is 12.0 Å². The van der Waals surface area contributed by atoms with Crippen molar-refractivity contribution in [3.05, 3.63) is 5.82 Å². The first-order valence-electron chi connectivity index (χ1n) is 8.17. The fourth-order valence-electron chi connectivity index (χ4n) is 4.93. The van der Waals surface area contributed by atoms with Crippen LogP contribution in [0.1, 0.15) is 63.1 Å². The zero-order valence-corrected chi connectivity index (χ0v) is 12.2. The van der Waals surface area contributed by atoms with Gasteiger partial charge in [-0.15, -0.1) is 5.10 Å². The van der Waals surface area contributed by atoms with Crippen molar-refractivity contribution >= 4 is 5.97 Å². The molecular weight excluding hydrogens is 268 g/mol. The van der Waals surface area contributed by atoms with E-state index in [4.69, 9.17) is 0 Å². The number of hydrogen-bond donors (Lipinski definition) is 1. The largest absolute Gasteiger partial charge is 0.481 e. The van der Waals surface area contributed by atoms with Crippen molar-refractivity contribution in [3.8, 4) is 0 Å². The Morgan fingerprint density at radius 1 is 1.29 bits per heavy atom. The van der Waals surface area contributed by atoms with Gasteiger partial charge in [-0.1, -0.05) is 19.3 Å². The minimum absolute atomic E-state index is 0.443. The molecule has 6 nitrogen and oxygen atoms in total. The summed E-state index contributed by atoms with van der Waals surface area (Å²) in [6.07, 6.45) is 8.62. The molecule has 0 amide bonds. The topological polar surface area (TPSA) is 80.9 Å². The highest BCUT2D eigenvalue weighted by atomic mass is 16.4. The third kappa shape index (κ3) is 2.07. The van der Waals surface area contributed by atoms with Crippen molar-refractivity contribution < 1.29 is 9.90 Å². The summed E-state index contributed by atoms with van der Waals surface area (Å²) in [6, 6.07) is 0. The maximum absolute atomic E-state index is 11.7. The lowest BCUT2D eigenvalue weighted by atomic mass is 9.85. The molecular formula is C15H22N4O2. The molecule has 114 valence electrons. The van der Waals surface area contributed by atoms with Crippen LogP contribution in [-0.4, -0.2) is 31.3 Å². The van der Waals surface area contributed by atoms with Crippen LogP contribution in [0.4, 0.5) is 0 Å². The number of aliphatic carboxylic acids is 1. The second-order valence-corrected chi connectivity index (χ2v) is 7.27. The molecule has 1 aromatic heterocycles. The number of rotatable bonds is 4. The Morgan fingerprint density at radius 2 is 2.10 bits per heavy atom. The SMILES string of the molecule is O=C(O)C1(Cn2nnnc2C2CC3CCC2C3)CCCC1. The number of carboxylic acid groups (broad SMARTS) is 1. The maximum atomic E-state index is 11.7. The van der Waals surface area contributed by atoms with Crippen molar-refractivity contribution in [2.75, 3.05) is 0 Å². The van der Waals surface area contributed by atoms with Crippen molar-refractivity contribution in [3.63, 3.8) is 0 Å². The van der Waals surface area contributed by atoms with Crippen molar-refractivity contribution in [2.24, 2.45) is 17.3 Å². The Bertz CT molecular complexity index is 550. The number of carboxylic acids is 1. The summed E-state index contributed by atoms with van der Waals surface area (Å²) >= 11 is 0. The minimum atomic E-state index is -0.686. The first-order chi connectivity index (χ1) is 10.2. The minimum Gasteiger partial charge on any atom is -0.481 e. The zero-order chi connectivity index (χ0) is 14.4. The molecule has 1 heterocycles. The van der Waals surface area contributed by atoms with Gasteiger partial charge in [0.15, 0.2) is 5.82 Å². The molecule has 3 atom stereocenters. The number of carbonyl (C=O) groups is 1. The lowest BCUT2D eigenvalue weighted by molar-refractivity contribution is -0.149. The Balaban J connectivity index is 1.59. The van der Waals surface area contributed by atoms with E-state index in [0.717, 1.165) is 37.4 Å². The molecule has 3 saturated carbocycles. The number of tetrazole rings is 1. The highest BCUT2D eigenvalue weighted by Crippen LogP contribution is 2.52. The fraction of sp³-hybridized carbons (Fsp3) is 0.867. The predicted molar refractivity (Wildman–Crippen MR) is 74.5 cm³/mol. The number of nitrogens with zero attached hydrogens (tertiary/aromatic N) is 4. The Hall–Kier alpha value is -1.46. The van der Waals surface area contributed by atoms with Crippen molar-refractivity contribution in [2.45, 2.75) is 63.8 Å². The zero-order valence-electron chi connectivity index (χ0n) is 12.2. The quantitative estimate of drug-likeness (QED) is 0.919. The first-order valence-corrected chi connectivity index (χ1v) is 8.17. The molecule has 0 radical (unpaired) electrons. The Labute approximate surface area is 123 Å². The average Bonchev–Trinajstić information content (AvgIpc) is 3.23. The van der Waals surface area contributed by atoms with Crippen LogP contribution in [0.2, 0.25) is 0 Å². The molecule has 3 unspecified atom stereocenters. The number of hydrogen-bond acceptors (Lipinski definition) is 4. The van der Waals surface area contributed by atoms with Gasteiger partial charge in [0.25, 0.3) is 0 Å². The normalized spacial score (nSPS) is 33.6. The van der Waals surface area contributed by atoms with E-state index in [2.05, 4.69) is 15.5 Å². The van der Waals surface area contributed by atoms with Crippen LogP contribution >= 0.6 is 0 Å². The van der Waals surface area contributed by atoms with Crippen LogP contribution in [0.25, 0.3) is 0 Å². The van der Waals surface area contributed by atoms with Gasteiger partial charge >= 0.3 is 5.97 Å². The Morgan fingerprint density at radius 3 is 2.71 bits per heavy atom. The highest BCUT2D eigenvalue weighted by molar-refractivity contribution is 5.74. The number of fused-ring (bicyclic) bond motifs is 2. The lowest BCUT2D eigenvalue weighted by Gasteiger charge is -2.26. The van der Waals surface area contributed by atoms with E-state index < -0.39 is 11.4 Å². The second kappa shape index (κ2) is 4.78. The fourth-order valence-corrected chi connectivity index (χ4v) is 4.93. The van der Waals surface area contributed by atoms with Crippen LogP contribution in [-0.2, 0) is 11.3 Å². The molecule has 1 aromatic rings. The van der Waals surface area contributed by atoms with E-state index in [-0.39, 0.29) is 0 Å². The van der Waals surface area contributed by atoms with E-state index in [9.17, 15) is 9.90 Å². The van der Waals surface area contributed by atoms with E-state index >= 15 is 0 Å². The van der Waals surface area contributed by atoms with Gasteiger partial charge in [0.1, 0.15) is 0 Å². The monoisotopic (exact) mass is 290 g/mol. The van der Waals surface area contributed by atoms with E-state index in [1.807, 2.05) is 4.68 Å². The summed E-state index contributed by atoms with van der Waals surface area (Å²) in [5.41, 5.74) is -0.651. The van der Waals surface area contributed by atoms with Gasteiger partial charge in [0.2, 0.25) is 0 Å². The van der Waals surface area contributed by atoms with E-state index in [1.54, 1.807) is 0 Å². The standard InChI is InChI=1S/C15H22N4O2/c20-14(21)15(5-1-2-6-15)9-19-13(16-17-18-19)12-8-10-3-4-11(12)7-10/h10-12H,1-9H2,(H,20,21). The van der Waals surface area contributed by atoms with Gasteiger partial charge < -0.3 is 5.11 Å². The Kier molecular flexibility index (Phi) is 3.01. The summed E-state index contributed by atoms with van der Waals surface area (Å²) < 4.78 is 1.81. The summed E-state index contributed by atoms with van der Waals surface area (Å²) in [4.78, 5) is 11.7. The molecule has 1 N–H and O–H groups in total. The molecule has 3 aliphatic carbocycles. The van der Waals surface area contributed by atoms with Crippen LogP contribution in [0.15, 0.2) is 0 Å². The third-order valence-electron chi connectivity index (χ3n) is 6.10. The molecule has 0 spiro atoms. The van der Waals surface area contributed by atoms with E-state index in [0.29, 0.717) is 18.4 Å². The van der Waals surface area contributed by atoms with Crippen LogP contribution < -0.4 is 0 Å². The van der Waals surface area contributed by atoms with Crippen molar-refractivity contribution in [1.29, 1.82) is 0 Å². The number of aromatic nitrogens is 4. The highest BCUT2D eigenvalue weighted by Gasteiger charge is 2.45. The third-order valence-corrected chi connectivity index (χ3v) is 6.10. The van der Waals surface area contributed by atoms with Crippen LogP contribution in [0.3, 0.4) is 0 Å². The predicted octanol–water partition coefficient (Wildman–Crippen LogP) is 2.22. The second-order valence-electron chi connectivity index (χ2n) is 7.27. The van der Waals surface area contributed by atoms with Gasteiger partial charge in [-0.05, 0) is 54.4 Å². The lowest BCUT2D eigenvalue weighted by Crippen LogP contribution is -2.34. The van der Waals surface area contributed by atoms with Gasteiger partial charge in [-0.2, -0.15) is 0 Å². The summed E-state index contributed by atoms with van der Waals surface area (Å²) in [6.45, 7) is 0.443. The summed E-state index contributed by atoms with van der Waals surface area (Å²) in [5, 5.41) is 21.9. The summed E-state index contributed by atoms with van der Waals surface area (Å²) in [7, 11) is 0. The molecule has 0 aromatic carbocycles. The molecule has 3 aliphatic rings. The molecule has 21 heavy (non-hydrogen) atoms. The average molecular weight is 290 g/mol. The van der Waals surface area contributed by atoms with Gasteiger partial charge in [-0.25, -0.2) is 4.68 Å². The molecule has 0 aliphatic heterocycles. The molecule has 0 saturated heterocycles.